The maximum atomic E-state index is 12.5. The molecule has 1 aromatic rings. The van der Waals surface area contributed by atoms with Gasteiger partial charge in [0.15, 0.2) is 0 Å². The van der Waals surface area contributed by atoms with Gasteiger partial charge < -0.3 is 9.84 Å². The molecule has 22 heavy (non-hydrogen) atoms. The smallest absolute Gasteiger partial charge is 0.410 e. The molecule has 0 fully saturated rings. The van der Waals surface area contributed by atoms with Crippen LogP contribution in [0.3, 0.4) is 0 Å². The predicted octanol–water partition coefficient (Wildman–Crippen LogP) is 3.83. The van der Waals surface area contributed by atoms with Crippen LogP contribution in [0, 0.1) is 5.92 Å². The van der Waals surface area contributed by atoms with Gasteiger partial charge >= 0.3 is 6.09 Å². The summed E-state index contributed by atoms with van der Waals surface area (Å²) >= 11 is 0. The molecule has 0 aromatic heterocycles. The third kappa shape index (κ3) is 6.48. The zero-order valence-corrected chi connectivity index (χ0v) is 14.4. The zero-order chi connectivity index (χ0) is 16.8. The fraction of sp³-hybridized carbons (Fsp3) is 0.611. The first-order valence-corrected chi connectivity index (χ1v) is 7.87. The third-order valence-corrected chi connectivity index (χ3v) is 3.22. The quantitative estimate of drug-likeness (QED) is 0.869. The van der Waals surface area contributed by atoms with Gasteiger partial charge in [-0.05, 0) is 38.7 Å². The van der Waals surface area contributed by atoms with E-state index in [0.717, 1.165) is 12.0 Å². The number of carbonyl (C=O) groups is 1. The van der Waals surface area contributed by atoms with E-state index in [-0.39, 0.29) is 18.7 Å². The van der Waals surface area contributed by atoms with Crippen LogP contribution in [0.4, 0.5) is 4.79 Å². The topological polar surface area (TPSA) is 49.8 Å². The van der Waals surface area contributed by atoms with Crippen molar-refractivity contribution >= 4 is 6.09 Å². The van der Waals surface area contributed by atoms with E-state index in [0.29, 0.717) is 12.5 Å². The van der Waals surface area contributed by atoms with Crippen LogP contribution in [-0.2, 0) is 11.3 Å². The van der Waals surface area contributed by atoms with Crippen molar-refractivity contribution < 1.29 is 14.6 Å². The summed E-state index contributed by atoms with van der Waals surface area (Å²) in [4.78, 5) is 14.2. The van der Waals surface area contributed by atoms with Crippen LogP contribution in [0.25, 0.3) is 0 Å². The minimum Gasteiger partial charge on any atom is -0.444 e. The molecule has 0 radical (unpaired) electrons. The second-order valence-electron chi connectivity index (χ2n) is 7.06. The fourth-order valence-corrected chi connectivity index (χ4v) is 2.29. The van der Waals surface area contributed by atoms with E-state index >= 15 is 0 Å². The molecule has 0 aliphatic rings. The van der Waals surface area contributed by atoms with E-state index in [1.165, 1.54) is 0 Å². The van der Waals surface area contributed by atoms with Crippen molar-refractivity contribution in [2.45, 2.75) is 59.2 Å². The minimum atomic E-state index is -0.552. The molecule has 0 aliphatic heterocycles. The van der Waals surface area contributed by atoms with Crippen molar-refractivity contribution in [3.8, 4) is 0 Å². The van der Waals surface area contributed by atoms with Crippen molar-refractivity contribution in [1.29, 1.82) is 0 Å². The first-order valence-electron chi connectivity index (χ1n) is 7.87. The van der Waals surface area contributed by atoms with Gasteiger partial charge in [-0.15, -0.1) is 0 Å². The number of ether oxygens (including phenoxy) is 1. The van der Waals surface area contributed by atoms with Crippen LogP contribution in [-0.4, -0.2) is 34.3 Å². The molecule has 0 spiro atoms. The molecule has 4 heteroatoms. The van der Waals surface area contributed by atoms with Gasteiger partial charge in [-0.25, -0.2) is 4.79 Å². The Morgan fingerprint density at radius 2 is 1.82 bits per heavy atom. The lowest BCUT2D eigenvalue weighted by Gasteiger charge is -2.33. The number of rotatable bonds is 6. The fourth-order valence-electron chi connectivity index (χ4n) is 2.29. The molecule has 1 aromatic carbocycles. The van der Waals surface area contributed by atoms with E-state index in [9.17, 15) is 9.90 Å². The highest BCUT2D eigenvalue weighted by molar-refractivity contribution is 5.68. The van der Waals surface area contributed by atoms with Gasteiger partial charge in [0.05, 0.1) is 12.6 Å². The van der Waals surface area contributed by atoms with Crippen LogP contribution in [0.5, 0.6) is 0 Å². The molecule has 4 nitrogen and oxygen atoms in total. The maximum absolute atomic E-state index is 12.5. The van der Waals surface area contributed by atoms with Gasteiger partial charge in [0.2, 0.25) is 0 Å². The van der Waals surface area contributed by atoms with Gasteiger partial charge in [0.25, 0.3) is 0 Å². The highest BCUT2D eigenvalue weighted by atomic mass is 16.6. The number of hydrogen-bond donors (Lipinski definition) is 1. The number of benzene rings is 1. The standard InChI is InChI=1S/C18H29NO3/c1-14(2)11-16(13-20)19(17(21)22-18(3,4)5)12-15-9-7-6-8-10-15/h6-10,14,16,20H,11-13H2,1-5H3. The van der Waals surface area contributed by atoms with E-state index in [2.05, 4.69) is 13.8 Å². The summed E-state index contributed by atoms with van der Waals surface area (Å²) in [6.07, 6.45) is 0.360. The summed E-state index contributed by atoms with van der Waals surface area (Å²) in [6.45, 7) is 10.1. The Bertz CT molecular complexity index is 451. The molecule has 1 atom stereocenters. The van der Waals surface area contributed by atoms with Crippen molar-refractivity contribution in [1.82, 2.24) is 4.90 Å². The number of hydrogen-bond acceptors (Lipinski definition) is 3. The lowest BCUT2D eigenvalue weighted by molar-refractivity contribution is 0.00412. The van der Waals surface area contributed by atoms with Gasteiger partial charge in [0.1, 0.15) is 5.60 Å². The molecule has 1 rings (SSSR count). The number of carbonyl (C=O) groups excluding carboxylic acids is 1. The molecule has 1 amide bonds. The molecule has 0 heterocycles. The van der Waals surface area contributed by atoms with Crippen LogP contribution in [0.1, 0.15) is 46.6 Å². The molecule has 0 saturated heterocycles. The van der Waals surface area contributed by atoms with Gasteiger partial charge in [0, 0.05) is 6.54 Å². The normalized spacial score (nSPS) is 13.0. The Labute approximate surface area is 134 Å². The van der Waals surface area contributed by atoms with Crippen LogP contribution in [0.15, 0.2) is 30.3 Å². The van der Waals surface area contributed by atoms with E-state index in [1.807, 2.05) is 51.1 Å². The van der Waals surface area contributed by atoms with E-state index in [1.54, 1.807) is 4.90 Å². The van der Waals surface area contributed by atoms with Crippen LogP contribution >= 0.6 is 0 Å². The number of nitrogens with zero attached hydrogens (tertiary/aromatic N) is 1. The highest BCUT2D eigenvalue weighted by Crippen LogP contribution is 2.19. The second kappa shape index (κ2) is 8.18. The Hall–Kier alpha value is -1.55. The monoisotopic (exact) mass is 307 g/mol. The lowest BCUT2D eigenvalue weighted by atomic mass is 10.0. The highest BCUT2D eigenvalue weighted by Gasteiger charge is 2.28. The number of amides is 1. The summed E-state index contributed by atoms with van der Waals surface area (Å²) in [5, 5.41) is 9.72. The zero-order valence-electron chi connectivity index (χ0n) is 14.4. The SMILES string of the molecule is CC(C)CC(CO)N(Cc1ccccc1)C(=O)OC(C)(C)C. The Morgan fingerprint density at radius 3 is 2.27 bits per heavy atom. The summed E-state index contributed by atoms with van der Waals surface area (Å²) in [6, 6.07) is 9.54. The van der Waals surface area contributed by atoms with E-state index in [4.69, 9.17) is 4.74 Å². The number of aliphatic hydroxyl groups is 1. The minimum absolute atomic E-state index is 0.0652. The molecular formula is C18H29NO3. The summed E-state index contributed by atoms with van der Waals surface area (Å²) in [7, 11) is 0. The lowest BCUT2D eigenvalue weighted by Crippen LogP contribution is -2.45. The molecule has 0 bridgehead atoms. The van der Waals surface area contributed by atoms with Gasteiger partial charge in [-0.1, -0.05) is 44.2 Å². The predicted molar refractivity (Wildman–Crippen MR) is 88.5 cm³/mol. The number of aliphatic hydroxyl groups excluding tert-OH is 1. The van der Waals surface area contributed by atoms with E-state index < -0.39 is 5.60 Å². The third-order valence-electron chi connectivity index (χ3n) is 3.22. The van der Waals surface area contributed by atoms with Gasteiger partial charge in [-0.3, -0.25) is 4.90 Å². The molecule has 124 valence electrons. The molecule has 0 saturated carbocycles. The van der Waals surface area contributed by atoms with Crippen molar-refractivity contribution in [3.05, 3.63) is 35.9 Å². The average Bonchev–Trinajstić information content (AvgIpc) is 2.41. The first-order chi connectivity index (χ1) is 10.2. The van der Waals surface area contributed by atoms with Gasteiger partial charge in [-0.2, -0.15) is 0 Å². The molecule has 0 aliphatic carbocycles. The molecule has 1 unspecified atom stereocenters. The Kier molecular flexibility index (Phi) is 6.88. The van der Waals surface area contributed by atoms with Crippen molar-refractivity contribution in [3.63, 3.8) is 0 Å². The summed E-state index contributed by atoms with van der Waals surface area (Å²) in [5.41, 5.74) is 0.472. The first kappa shape index (κ1) is 18.5. The molecule has 1 N–H and O–H groups in total. The van der Waals surface area contributed by atoms with Crippen LogP contribution < -0.4 is 0 Å². The average molecular weight is 307 g/mol. The second-order valence-corrected chi connectivity index (χ2v) is 7.06. The van der Waals surface area contributed by atoms with Crippen LogP contribution in [0.2, 0.25) is 0 Å². The Balaban J connectivity index is 2.95. The summed E-state index contributed by atoms with van der Waals surface area (Å²) in [5.74, 6) is 0.387. The maximum Gasteiger partial charge on any atom is 0.410 e. The Morgan fingerprint density at radius 1 is 1.23 bits per heavy atom. The largest absolute Gasteiger partial charge is 0.444 e. The van der Waals surface area contributed by atoms with Crippen molar-refractivity contribution in [2.24, 2.45) is 5.92 Å². The van der Waals surface area contributed by atoms with Crippen molar-refractivity contribution in [2.75, 3.05) is 6.61 Å². The summed E-state index contributed by atoms with van der Waals surface area (Å²) < 4.78 is 5.51. The molecular weight excluding hydrogens is 278 g/mol.